The topological polar surface area (TPSA) is 84.6 Å². The Kier molecular flexibility index (Phi) is 4.39. The number of pyridine rings is 1. The molecule has 0 aliphatic heterocycles. The van der Waals surface area contributed by atoms with Gasteiger partial charge in [-0.2, -0.15) is 5.10 Å². The zero-order valence-corrected chi connectivity index (χ0v) is 13.4. The summed E-state index contributed by atoms with van der Waals surface area (Å²) in [5.41, 5.74) is 3.29. The van der Waals surface area contributed by atoms with Crippen LogP contribution in [0, 0.1) is 0 Å². The van der Waals surface area contributed by atoms with Crippen LogP contribution in [0.2, 0.25) is 5.02 Å². The lowest BCUT2D eigenvalue weighted by Gasteiger charge is -2.04. The van der Waals surface area contributed by atoms with E-state index in [2.05, 4.69) is 15.5 Å². The van der Waals surface area contributed by atoms with Gasteiger partial charge in [-0.15, -0.1) is 0 Å². The largest absolute Gasteiger partial charge is 0.422 e. The number of benzene rings is 1. The standard InChI is InChI=1S/C17H12ClN3O3/c1-10(20-21-16(22)11-4-6-19-7-5-11)14-9-12-8-13(18)2-3-15(12)24-17(14)23/h2-9H,1H3,(H,21,22)/b20-10-. The molecule has 0 saturated carbocycles. The van der Waals surface area contributed by atoms with Crippen LogP contribution < -0.4 is 11.1 Å². The third-order valence-corrected chi connectivity index (χ3v) is 3.59. The van der Waals surface area contributed by atoms with Gasteiger partial charge in [0.25, 0.3) is 5.91 Å². The molecule has 0 unspecified atom stereocenters. The maximum absolute atomic E-state index is 12.1. The summed E-state index contributed by atoms with van der Waals surface area (Å²) in [6.45, 7) is 1.61. The van der Waals surface area contributed by atoms with Crippen molar-refractivity contribution < 1.29 is 9.21 Å². The van der Waals surface area contributed by atoms with Crippen molar-refractivity contribution in [3.05, 3.63) is 75.4 Å². The van der Waals surface area contributed by atoms with Gasteiger partial charge < -0.3 is 4.42 Å². The van der Waals surface area contributed by atoms with Crippen LogP contribution in [-0.4, -0.2) is 16.6 Å². The molecule has 2 heterocycles. The second kappa shape index (κ2) is 6.64. The van der Waals surface area contributed by atoms with Crippen LogP contribution in [0.4, 0.5) is 0 Å². The normalized spacial score (nSPS) is 11.5. The van der Waals surface area contributed by atoms with Crippen molar-refractivity contribution >= 4 is 34.2 Å². The van der Waals surface area contributed by atoms with Crippen LogP contribution >= 0.6 is 11.6 Å². The first-order valence-corrected chi connectivity index (χ1v) is 7.41. The average molecular weight is 342 g/mol. The van der Waals surface area contributed by atoms with Crippen LogP contribution in [0.1, 0.15) is 22.8 Å². The molecule has 3 rings (SSSR count). The highest BCUT2D eigenvalue weighted by molar-refractivity contribution is 6.31. The number of carbonyl (C=O) groups excluding carboxylic acids is 1. The summed E-state index contributed by atoms with van der Waals surface area (Å²) in [5, 5.41) is 5.17. The molecule has 7 heteroatoms. The van der Waals surface area contributed by atoms with E-state index in [9.17, 15) is 9.59 Å². The first-order chi connectivity index (χ1) is 11.5. The number of fused-ring (bicyclic) bond motifs is 1. The van der Waals surface area contributed by atoms with Crippen molar-refractivity contribution in [3.8, 4) is 0 Å². The highest BCUT2D eigenvalue weighted by Gasteiger charge is 2.10. The summed E-state index contributed by atoms with van der Waals surface area (Å²) in [5.74, 6) is -0.398. The van der Waals surface area contributed by atoms with Crippen LogP contribution in [0.3, 0.4) is 0 Å². The quantitative estimate of drug-likeness (QED) is 0.451. The van der Waals surface area contributed by atoms with E-state index < -0.39 is 11.5 Å². The van der Waals surface area contributed by atoms with Gasteiger partial charge in [-0.1, -0.05) is 11.6 Å². The number of hydrogen-bond donors (Lipinski definition) is 1. The highest BCUT2D eigenvalue weighted by Crippen LogP contribution is 2.19. The van der Waals surface area contributed by atoms with Gasteiger partial charge in [0.05, 0.1) is 11.3 Å². The second-order valence-electron chi connectivity index (χ2n) is 5.00. The van der Waals surface area contributed by atoms with Crippen molar-refractivity contribution in [2.75, 3.05) is 0 Å². The molecule has 1 aromatic carbocycles. The van der Waals surface area contributed by atoms with E-state index >= 15 is 0 Å². The predicted molar refractivity (Wildman–Crippen MR) is 91.4 cm³/mol. The van der Waals surface area contributed by atoms with Crippen molar-refractivity contribution in [3.63, 3.8) is 0 Å². The Morgan fingerprint density at radius 1 is 1.21 bits per heavy atom. The van der Waals surface area contributed by atoms with Gasteiger partial charge in [-0.25, -0.2) is 10.2 Å². The summed E-state index contributed by atoms with van der Waals surface area (Å²) >= 11 is 5.95. The molecular formula is C17H12ClN3O3. The number of carbonyl (C=O) groups is 1. The number of aromatic nitrogens is 1. The van der Waals surface area contributed by atoms with Gasteiger partial charge in [0.15, 0.2) is 0 Å². The molecule has 1 amide bonds. The molecule has 0 bridgehead atoms. The van der Waals surface area contributed by atoms with E-state index in [1.54, 1.807) is 43.3 Å². The summed E-state index contributed by atoms with van der Waals surface area (Å²) in [4.78, 5) is 27.9. The smallest absolute Gasteiger partial charge is 0.345 e. The third kappa shape index (κ3) is 3.33. The summed E-state index contributed by atoms with van der Waals surface area (Å²) in [6.07, 6.45) is 3.01. The van der Waals surface area contributed by atoms with E-state index in [4.69, 9.17) is 16.0 Å². The Bertz CT molecular complexity index is 997. The van der Waals surface area contributed by atoms with Gasteiger partial charge in [0.1, 0.15) is 5.58 Å². The molecule has 6 nitrogen and oxygen atoms in total. The van der Waals surface area contributed by atoms with Gasteiger partial charge in [-0.05, 0) is 43.3 Å². The van der Waals surface area contributed by atoms with Crippen molar-refractivity contribution in [2.45, 2.75) is 6.92 Å². The molecule has 120 valence electrons. The maximum atomic E-state index is 12.1. The van der Waals surface area contributed by atoms with Crippen LogP contribution in [-0.2, 0) is 0 Å². The SMILES string of the molecule is C/C(=N/NC(=O)c1ccncc1)c1cc2cc(Cl)ccc2oc1=O. The Balaban J connectivity index is 1.90. The van der Waals surface area contributed by atoms with E-state index in [0.29, 0.717) is 27.3 Å². The monoisotopic (exact) mass is 341 g/mol. The fourth-order valence-electron chi connectivity index (χ4n) is 2.11. The van der Waals surface area contributed by atoms with E-state index in [1.807, 2.05) is 0 Å². The third-order valence-electron chi connectivity index (χ3n) is 3.35. The number of nitrogens with zero attached hydrogens (tertiary/aromatic N) is 2. The molecule has 0 atom stereocenters. The van der Waals surface area contributed by atoms with E-state index in [-0.39, 0.29) is 5.56 Å². The van der Waals surface area contributed by atoms with Gasteiger partial charge in [0.2, 0.25) is 0 Å². The Morgan fingerprint density at radius 2 is 1.96 bits per heavy atom. The van der Waals surface area contributed by atoms with Gasteiger partial charge in [0, 0.05) is 28.4 Å². The van der Waals surface area contributed by atoms with Crippen molar-refractivity contribution in [1.29, 1.82) is 0 Å². The molecule has 2 aromatic heterocycles. The lowest BCUT2D eigenvalue weighted by Crippen LogP contribution is -2.21. The summed E-state index contributed by atoms with van der Waals surface area (Å²) in [7, 11) is 0. The minimum Gasteiger partial charge on any atom is -0.422 e. The molecule has 0 aliphatic rings. The van der Waals surface area contributed by atoms with Crippen LogP contribution in [0.25, 0.3) is 11.0 Å². The molecule has 1 N–H and O–H groups in total. The Morgan fingerprint density at radius 3 is 2.71 bits per heavy atom. The van der Waals surface area contributed by atoms with E-state index in [0.717, 1.165) is 0 Å². The number of rotatable bonds is 3. The summed E-state index contributed by atoms with van der Waals surface area (Å²) < 4.78 is 5.24. The second-order valence-corrected chi connectivity index (χ2v) is 5.44. The molecule has 0 fully saturated rings. The van der Waals surface area contributed by atoms with Crippen molar-refractivity contribution in [1.82, 2.24) is 10.4 Å². The van der Waals surface area contributed by atoms with Gasteiger partial charge in [-0.3, -0.25) is 9.78 Å². The highest BCUT2D eigenvalue weighted by atomic mass is 35.5. The number of hydrogen-bond acceptors (Lipinski definition) is 5. The average Bonchev–Trinajstić information content (AvgIpc) is 2.60. The Hall–Kier alpha value is -2.99. The first-order valence-electron chi connectivity index (χ1n) is 7.03. The lowest BCUT2D eigenvalue weighted by molar-refractivity contribution is 0.0954. The Labute approximate surface area is 141 Å². The molecular weight excluding hydrogens is 330 g/mol. The fourth-order valence-corrected chi connectivity index (χ4v) is 2.29. The molecule has 0 saturated heterocycles. The molecule has 3 aromatic rings. The first kappa shape index (κ1) is 15.9. The summed E-state index contributed by atoms with van der Waals surface area (Å²) in [6, 6.07) is 9.71. The fraction of sp³-hybridized carbons (Fsp3) is 0.0588. The molecule has 0 spiro atoms. The minimum atomic E-state index is -0.538. The van der Waals surface area contributed by atoms with Crippen LogP contribution in [0.15, 0.2) is 63.1 Å². The molecule has 0 aliphatic carbocycles. The molecule has 24 heavy (non-hydrogen) atoms. The maximum Gasteiger partial charge on any atom is 0.345 e. The lowest BCUT2D eigenvalue weighted by atomic mass is 10.1. The van der Waals surface area contributed by atoms with E-state index in [1.165, 1.54) is 12.4 Å². The zero-order chi connectivity index (χ0) is 17.1. The number of amides is 1. The van der Waals surface area contributed by atoms with Crippen molar-refractivity contribution in [2.24, 2.45) is 5.10 Å². The predicted octanol–water partition coefficient (Wildman–Crippen LogP) is 3.00. The number of nitrogens with one attached hydrogen (secondary N) is 1. The number of hydrazone groups is 1. The number of halogens is 1. The minimum absolute atomic E-state index is 0.250. The molecule has 0 radical (unpaired) electrons. The van der Waals surface area contributed by atoms with Gasteiger partial charge >= 0.3 is 5.63 Å². The zero-order valence-electron chi connectivity index (χ0n) is 12.6. The van der Waals surface area contributed by atoms with Crippen LogP contribution in [0.5, 0.6) is 0 Å².